The van der Waals surface area contributed by atoms with Crippen LogP contribution in [0.25, 0.3) is 0 Å². The van der Waals surface area contributed by atoms with Gasteiger partial charge in [-0.15, -0.1) is 0 Å². The summed E-state index contributed by atoms with van der Waals surface area (Å²) < 4.78 is 5.15. The number of piperidine rings is 1. The summed E-state index contributed by atoms with van der Waals surface area (Å²) in [5.41, 5.74) is 3.70. The molecule has 0 spiro atoms. The first-order valence-electron chi connectivity index (χ1n) is 11.6. The Bertz CT molecular complexity index is 906. The van der Waals surface area contributed by atoms with Gasteiger partial charge >= 0.3 is 0 Å². The van der Waals surface area contributed by atoms with E-state index < -0.39 is 0 Å². The lowest BCUT2D eigenvalue weighted by Crippen LogP contribution is -2.50. The van der Waals surface area contributed by atoms with Gasteiger partial charge in [0.2, 0.25) is 11.8 Å². The Morgan fingerprint density at radius 3 is 2.28 bits per heavy atom. The molecule has 2 saturated heterocycles. The molecular formula is C24H33N5O3. The molecule has 2 aromatic rings. The Kier molecular flexibility index (Phi) is 7.09. The highest BCUT2D eigenvalue weighted by molar-refractivity contribution is 5.92. The Balaban J connectivity index is 1.21. The number of aryl methyl sites for hydroxylation is 2. The normalized spacial score (nSPS) is 17.4. The van der Waals surface area contributed by atoms with E-state index in [2.05, 4.69) is 32.4 Å². The second-order valence-corrected chi connectivity index (χ2v) is 8.78. The SMILES string of the molecule is Cc1noc(C)c1CC(=O)N1CCN(CC(=O)Nc2ccc(N3CCCCC3)cc2)CC1. The van der Waals surface area contributed by atoms with Gasteiger partial charge in [-0.2, -0.15) is 0 Å². The maximum Gasteiger partial charge on any atom is 0.238 e. The first-order valence-corrected chi connectivity index (χ1v) is 11.6. The fourth-order valence-corrected chi connectivity index (χ4v) is 4.48. The smallest absolute Gasteiger partial charge is 0.238 e. The lowest BCUT2D eigenvalue weighted by molar-refractivity contribution is -0.132. The molecule has 0 radical (unpaired) electrons. The maximum atomic E-state index is 12.6. The second-order valence-electron chi connectivity index (χ2n) is 8.78. The van der Waals surface area contributed by atoms with Gasteiger partial charge in [0.25, 0.3) is 0 Å². The van der Waals surface area contributed by atoms with Gasteiger partial charge in [0, 0.05) is 56.2 Å². The molecule has 2 fully saturated rings. The fourth-order valence-electron chi connectivity index (χ4n) is 4.48. The molecule has 0 saturated carbocycles. The summed E-state index contributed by atoms with van der Waals surface area (Å²) in [6.07, 6.45) is 4.12. The van der Waals surface area contributed by atoms with Crippen molar-refractivity contribution in [3.63, 3.8) is 0 Å². The molecule has 2 aliphatic rings. The van der Waals surface area contributed by atoms with Crippen molar-refractivity contribution in [1.29, 1.82) is 0 Å². The predicted octanol–water partition coefficient (Wildman–Crippen LogP) is 2.61. The highest BCUT2D eigenvalue weighted by Crippen LogP contribution is 2.22. The molecule has 8 nitrogen and oxygen atoms in total. The third-order valence-electron chi connectivity index (χ3n) is 6.47. The van der Waals surface area contributed by atoms with Crippen LogP contribution in [0.15, 0.2) is 28.8 Å². The summed E-state index contributed by atoms with van der Waals surface area (Å²) in [7, 11) is 0. The summed E-state index contributed by atoms with van der Waals surface area (Å²) in [5.74, 6) is 0.763. The van der Waals surface area contributed by atoms with Crippen molar-refractivity contribution in [1.82, 2.24) is 15.0 Å². The zero-order valence-electron chi connectivity index (χ0n) is 19.1. The van der Waals surface area contributed by atoms with E-state index in [9.17, 15) is 9.59 Å². The molecule has 4 rings (SSSR count). The third kappa shape index (κ3) is 5.48. The minimum absolute atomic E-state index is 0.0220. The number of benzene rings is 1. The number of carbonyl (C=O) groups excluding carboxylic acids is 2. The van der Waals surface area contributed by atoms with Crippen molar-refractivity contribution < 1.29 is 14.1 Å². The number of hydrogen-bond donors (Lipinski definition) is 1. The molecule has 32 heavy (non-hydrogen) atoms. The van der Waals surface area contributed by atoms with Gasteiger partial charge in [-0.25, -0.2) is 0 Å². The van der Waals surface area contributed by atoms with Crippen LogP contribution in [0.3, 0.4) is 0 Å². The molecule has 172 valence electrons. The van der Waals surface area contributed by atoms with Crippen LogP contribution in [0.5, 0.6) is 0 Å². The molecule has 0 bridgehead atoms. The Labute approximate surface area is 189 Å². The standard InChI is InChI=1S/C24H33N5O3/c1-18-22(19(2)32-26-18)16-24(31)29-14-12-27(13-15-29)17-23(30)25-20-6-8-21(9-7-20)28-10-4-3-5-11-28/h6-9H,3-5,10-17H2,1-2H3,(H,25,30). The van der Waals surface area contributed by atoms with Gasteiger partial charge in [-0.3, -0.25) is 14.5 Å². The van der Waals surface area contributed by atoms with E-state index in [1.54, 1.807) is 0 Å². The van der Waals surface area contributed by atoms with Gasteiger partial charge in [0.1, 0.15) is 5.76 Å². The molecule has 1 N–H and O–H groups in total. The van der Waals surface area contributed by atoms with Crippen molar-refractivity contribution in [3.05, 3.63) is 41.3 Å². The zero-order valence-corrected chi connectivity index (χ0v) is 19.1. The van der Waals surface area contributed by atoms with Crippen molar-refractivity contribution >= 4 is 23.2 Å². The van der Waals surface area contributed by atoms with Crippen LogP contribution in [0.1, 0.15) is 36.3 Å². The Morgan fingerprint density at radius 1 is 0.969 bits per heavy atom. The maximum absolute atomic E-state index is 12.6. The van der Waals surface area contributed by atoms with Crippen LogP contribution in [-0.4, -0.2) is 72.6 Å². The summed E-state index contributed by atoms with van der Waals surface area (Å²) >= 11 is 0. The first-order chi connectivity index (χ1) is 15.5. The average molecular weight is 440 g/mol. The number of piperazine rings is 1. The number of rotatable bonds is 6. The highest BCUT2D eigenvalue weighted by atomic mass is 16.5. The van der Waals surface area contributed by atoms with E-state index in [4.69, 9.17) is 4.52 Å². The van der Waals surface area contributed by atoms with Gasteiger partial charge in [0.05, 0.1) is 18.7 Å². The van der Waals surface area contributed by atoms with Gasteiger partial charge < -0.3 is 19.6 Å². The predicted molar refractivity (Wildman–Crippen MR) is 124 cm³/mol. The van der Waals surface area contributed by atoms with E-state index in [0.29, 0.717) is 44.9 Å². The summed E-state index contributed by atoms with van der Waals surface area (Å²) in [6.45, 7) is 8.87. The molecule has 0 unspecified atom stereocenters. The highest BCUT2D eigenvalue weighted by Gasteiger charge is 2.24. The molecule has 8 heteroatoms. The zero-order chi connectivity index (χ0) is 22.5. The lowest BCUT2D eigenvalue weighted by Gasteiger charge is -2.34. The Hall–Kier alpha value is -2.87. The number of aromatic nitrogens is 1. The van der Waals surface area contributed by atoms with E-state index in [1.165, 1.54) is 24.9 Å². The first kappa shape index (κ1) is 22.3. The largest absolute Gasteiger partial charge is 0.372 e. The molecule has 3 heterocycles. The minimum Gasteiger partial charge on any atom is -0.372 e. The Morgan fingerprint density at radius 2 is 1.66 bits per heavy atom. The fraction of sp³-hybridized carbons (Fsp3) is 0.542. The quantitative estimate of drug-likeness (QED) is 0.745. The number of amides is 2. The topological polar surface area (TPSA) is 81.9 Å². The number of hydrogen-bond acceptors (Lipinski definition) is 6. The molecule has 2 aliphatic heterocycles. The van der Waals surface area contributed by atoms with Crippen LogP contribution in [0.4, 0.5) is 11.4 Å². The number of anilines is 2. The van der Waals surface area contributed by atoms with Gasteiger partial charge in [-0.1, -0.05) is 5.16 Å². The minimum atomic E-state index is -0.0220. The number of nitrogens with zero attached hydrogens (tertiary/aromatic N) is 4. The average Bonchev–Trinajstić information content (AvgIpc) is 3.12. The van der Waals surface area contributed by atoms with Crippen molar-refractivity contribution in [3.8, 4) is 0 Å². The van der Waals surface area contributed by atoms with E-state index in [-0.39, 0.29) is 11.8 Å². The van der Waals surface area contributed by atoms with Crippen LogP contribution in [-0.2, 0) is 16.0 Å². The van der Waals surface area contributed by atoms with E-state index in [1.807, 2.05) is 30.9 Å². The van der Waals surface area contributed by atoms with Gasteiger partial charge in [0.15, 0.2) is 0 Å². The molecule has 2 amide bonds. The molecule has 1 aromatic heterocycles. The van der Waals surface area contributed by atoms with Crippen molar-refractivity contribution in [2.75, 3.05) is 56.0 Å². The van der Waals surface area contributed by atoms with Crippen LogP contribution < -0.4 is 10.2 Å². The van der Waals surface area contributed by atoms with Crippen LogP contribution >= 0.6 is 0 Å². The molecule has 1 aromatic carbocycles. The van der Waals surface area contributed by atoms with Crippen molar-refractivity contribution in [2.24, 2.45) is 0 Å². The number of carbonyl (C=O) groups is 2. The lowest BCUT2D eigenvalue weighted by atomic mass is 10.1. The number of nitrogens with one attached hydrogen (secondary N) is 1. The van der Waals surface area contributed by atoms with Gasteiger partial charge in [-0.05, 0) is 57.4 Å². The third-order valence-corrected chi connectivity index (χ3v) is 6.47. The summed E-state index contributed by atoms with van der Waals surface area (Å²) in [4.78, 5) is 31.5. The van der Waals surface area contributed by atoms with E-state index >= 15 is 0 Å². The molecule has 0 aliphatic carbocycles. The van der Waals surface area contributed by atoms with Crippen molar-refractivity contribution in [2.45, 2.75) is 39.5 Å². The summed E-state index contributed by atoms with van der Waals surface area (Å²) in [5, 5.41) is 6.92. The second kappa shape index (κ2) is 10.2. The monoisotopic (exact) mass is 439 g/mol. The molecular weight excluding hydrogens is 406 g/mol. The van der Waals surface area contributed by atoms with E-state index in [0.717, 1.165) is 30.0 Å². The summed E-state index contributed by atoms with van der Waals surface area (Å²) in [6, 6.07) is 8.13. The van der Waals surface area contributed by atoms with Crippen LogP contribution in [0.2, 0.25) is 0 Å². The molecule has 0 atom stereocenters. The van der Waals surface area contributed by atoms with Crippen LogP contribution in [0, 0.1) is 13.8 Å².